The number of ketones is 1. The minimum atomic E-state index is -1.12. The number of carboxylic acids is 2. The van der Waals surface area contributed by atoms with Crippen LogP contribution in [-0.4, -0.2) is 169 Å². The largest absolute Gasteiger partial charge is 0.481 e. The van der Waals surface area contributed by atoms with E-state index in [0.29, 0.717) is 79.7 Å². The molecule has 106 heavy (non-hydrogen) atoms. The van der Waals surface area contributed by atoms with Crippen molar-refractivity contribution in [2.75, 3.05) is 45.9 Å². The smallest absolute Gasteiger partial charge is 0.338 e. The maximum absolute atomic E-state index is 12.4. The number of carbonyl (C=O) groups is 11. The molecule has 624 valence electrons. The van der Waals surface area contributed by atoms with Crippen molar-refractivity contribution in [3.8, 4) is 0 Å². The number of ether oxygens (including phenoxy) is 6. The fraction of sp³-hybridized carbons (Fsp3) is 0.863. The van der Waals surface area contributed by atoms with Crippen molar-refractivity contribution in [3.63, 3.8) is 0 Å². The van der Waals surface area contributed by atoms with Gasteiger partial charge in [0.1, 0.15) is 11.2 Å². The van der Waals surface area contributed by atoms with E-state index < -0.39 is 71.4 Å². The minimum Gasteiger partial charge on any atom is -0.481 e. The van der Waals surface area contributed by atoms with E-state index in [0.717, 1.165) is 70.5 Å². The number of nitrogens with two attached hydrogens (primary N) is 3. The van der Waals surface area contributed by atoms with Crippen LogP contribution in [0.4, 0.5) is 0 Å². The summed E-state index contributed by atoms with van der Waals surface area (Å²) in [6.45, 7) is 59.9. The number of hydrogen-bond donors (Lipinski definition) is 9. The van der Waals surface area contributed by atoms with Gasteiger partial charge in [0.2, 0.25) is 23.6 Å². The van der Waals surface area contributed by atoms with Gasteiger partial charge in [0, 0.05) is 44.4 Å². The lowest BCUT2D eigenvalue weighted by Crippen LogP contribution is -2.41. The van der Waals surface area contributed by atoms with Crippen LogP contribution in [0.15, 0.2) is 0 Å². The van der Waals surface area contributed by atoms with Crippen molar-refractivity contribution >= 4 is 65.2 Å². The van der Waals surface area contributed by atoms with Crippen LogP contribution in [0.25, 0.3) is 0 Å². The Morgan fingerprint density at radius 1 is 0.377 bits per heavy atom. The van der Waals surface area contributed by atoms with Crippen LogP contribution in [0, 0.1) is 76.9 Å². The van der Waals surface area contributed by atoms with Gasteiger partial charge in [0.15, 0.2) is 30.2 Å². The molecule has 0 aromatic rings. The highest BCUT2D eigenvalue weighted by Crippen LogP contribution is 2.29. The molecular formula is C80H155N7O19. The number of epoxide rings is 2. The monoisotopic (exact) mass is 1520 g/mol. The van der Waals surface area contributed by atoms with E-state index in [9.17, 15) is 52.7 Å². The molecule has 0 bridgehead atoms. The fourth-order valence-corrected chi connectivity index (χ4v) is 9.59. The van der Waals surface area contributed by atoms with E-state index in [1.54, 1.807) is 34.6 Å². The van der Waals surface area contributed by atoms with E-state index in [1.165, 1.54) is 0 Å². The summed E-state index contributed by atoms with van der Waals surface area (Å²) >= 11 is 0. The quantitative estimate of drug-likeness (QED) is 0.0156. The summed E-state index contributed by atoms with van der Waals surface area (Å²) in [6.07, 6.45) is 5.18. The number of carboxylic acid groups (broad SMARTS) is 2. The molecular weight excluding hydrogens is 1360 g/mol. The average Bonchev–Trinajstić information content (AvgIpc) is 1.67. The number of nitrogens with one attached hydrogen (secondary N) is 4. The van der Waals surface area contributed by atoms with Gasteiger partial charge in [-0.15, -0.1) is 0 Å². The van der Waals surface area contributed by atoms with E-state index in [4.69, 9.17) is 46.4 Å². The molecule has 0 saturated carbocycles. The Bertz CT molecular complexity index is 2420. The SMILES string of the molecule is CC(C)CCN.CC(C)CCNC(=O)[C@@H](CC(=O)OC(C)(C)C)CC(C)C.CC(C)CCNC(=O)[C@@H](N)CC(C)C.CC(C)CCNC(=O)[C@@H](N)CC(C)C.CC(C)C[C@H](CC(=O)OC(C)(C)C)C(=O)O.CCOC(=O)[C@H]1O[C@@H]1C(=O)C[C@@H](CC(C)C)C(=O)NCCC(C)C.CCOC(=O)[C@H]1O[C@@H]1C(=O)O. The number of hydrogen-bond acceptors (Lipinski definition) is 20. The predicted molar refractivity (Wildman–Crippen MR) is 418 cm³/mol. The highest BCUT2D eigenvalue weighted by Gasteiger charge is 2.52. The molecule has 2 saturated heterocycles. The Morgan fingerprint density at radius 2 is 0.651 bits per heavy atom. The van der Waals surface area contributed by atoms with Crippen molar-refractivity contribution in [1.82, 2.24) is 21.3 Å². The van der Waals surface area contributed by atoms with Crippen LogP contribution in [-0.2, 0) is 81.2 Å². The Balaban J connectivity index is -0.000000385. The van der Waals surface area contributed by atoms with Gasteiger partial charge in [0.05, 0.1) is 44.1 Å². The summed E-state index contributed by atoms with van der Waals surface area (Å²) in [5, 5.41) is 28.8. The maximum atomic E-state index is 12.4. The summed E-state index contributed by atoms with van der Waals surface area (Å²) in [5.74, 6) is -0.606. The van der Waals surface area contributed by atoms with E-state index in [2.05, 4.69) is 142 Å². The van der Waals surface area contributed by atoms with Crippen LogP contribution in [0.5, 0.6) is 0 Å². The number of carbonyl (C=O) groups excluding carboxylic acids is 9. The molecule has 26 heteroatoms. The molecule has 0 aliphatic carbocycles. The molecule has 12 N–H and O–H groups in total. The van der Waals surface area contributed by atoms with Gasteiger partial charge >= 0.3 is 35.8 Å². The van der Waals surface area contributed by atoms with E-state index in [-0.39, 0.29) is 97.7 Å². The molecule has 0 aromatic heterocycles. The molecule has 2 fully saturated rings. The van der Waals surface area contributed by atoms with Gasteiger partial charge < -0.3 is 77.1 Å². The van der Waals surface area contributed by atoms with Gasteiger partial charge in [-0.25, -0.2) is 14.4 Å². The Labute approximate surface area is 640 Å². The van der Waals surface area contributed by atoms with Crippen molar-refractivity contribution in [1.29, 1.82) is 0 Å². The molecule has 2 aliphatic heterocycles. The molecule has 0 spiro atoms. The predicted octanol–water partition coefficient (Wildman–Crippen LogP) is 11.5. The Hall–Kier alpha value is -5.83. The first-order valence-corrected chi connectivity index (χ1v) is 39.1. The molecule has 2 rings (SSSR count). The van der Waals surface area contributed by atoms with Gasteiger partial charge in [-0.1, -0.05) is 138 Å². The third kappa shape index (κ3) is 67.5. The van der Waals surface area contributed by atoms with Crippen molar-refractivity contribution in [2.45, 2.75) is 325 Å². The number of amides is 4. The van der Waals surface area contributed by atoms with Gasteiger partial charge in [-0.2, -0.15) is 0 Å². The molecule has 9 atom stereocenters. The molecule has 2 heterocycles. The second-order valence-electron chi connectivity index (χ2n) is 33.7. The zero-order chi connectivity index (χ0) is 83.5. The molecule has 0 radical (unpaired) electrons. The van der Waals surface area contributed by atoms with Crippen LogP contribution in [0.1, 0.15) is 277 Å². The average molecular weight is 1520 g/mol. The van der Waals surface area contributed by atoms with Crippen LogP contribution in [0.2, 0.25) is 0 Å². The van der Waals surface area contributed by atoms with Crippen molar-refractivity contribution < 1.29 is 91.4 Å². The van der Waals surface area contributed by atoms with Crippen LogP contribution >= 0.6 is 0 Å². The van der Waals surface area contributed by atoms with Gasteiger partial charge in [-0.3, -0.25) is 38.4 Å². The highest BCUT2D eigenvalue weighted by molar-refractivity contribution is 5.96. The first-order valence-electron chi connectivity index (χ1n) is 39.1. The lowest BCUT2D eigenvalue weighted by atomic mass is 9.90. The summed E-state index contributed by atoms with van der Waals surface area (Å²) in [5.41, 5.74) is 15.6. The number of Topliss-reactive ketones (excluding diaryl/α,β-unsaturated/α-hetero) is 1. The number of rotatable bonds is 41. The standard InChI is InChI=1S/C18H31NO5.C17H33NO3.C12H22O4.2C11H24N2O.C6H8O5.C5H13N/c1-6-23-18(22)16-15(24-16)14(20)10-13(9-12(4)5)17(21)19-8-7-11(2)3;1-12(2)8-9-18-16(20)14(10-13(3)4)11-15(19)21-17(5,6)7;1-8(2)6-9(11(14)15)7-10(13)16-12(3,4)5;2*1-8(2)5-6-13-11(14)10(12)7-9(3)4;1-2-10-6(9)4-3(11-4)5(7)8;1-5(2)3-4-6/h11-13,15-16H,6-10H2,1-5H3,(H,19,21);12-14H,8-11H2,1-7H3,(H,18,20);8-9H,6-7H2,1-5H3,(H,14,15);2*8-10H,5-7,12H2,1-4H3,(H,13,14);3-4H,2H2,1H3,(H,7,8);5H,3-4,6H2,1-2H3/t13-,15-,16+;14-;9-;2*10-;3-,4-;/m111000./s1. The Kier molecular flexibility index (Phi) is 61.6. The van der Waals surface area contributed by atoms with Crippen molar-refractivity contribution in [2.24, 2.45) is 94.1 Å². The second kappa shape index (κ2) is 60.0. The minimum absolute atomic E-state index is 0.0145. The summed E-state index contributed by atoms with van der Waals surface area (Å²) in [7, 11) is 0. The molecule has 26 nitrogen and oxygen atoms in total. The second-order valence-corrected chi connectivity index (χ2v) is 33.7. The molecule has 0 aromatic carbocycles. The normalized spacial score (nSPS) is 16.4. The molecule has 4 amide bonds. The molecule has 2 aliphatic rings. The first kappa shape index (κ1) is 109. The van der Waals surface area contributed by atoms with Gasteiger partial charge in [0.25, 0.3) is 0 Å². The van der Waals surface area contributed by atoms with Crippen molar-refractivity contribution in [3.05, 3.63) is 0 Å². The third-order valence-corrected chi connectivity index (χ3v) is 15.0. The maximum Gasteiger partial charge on any atom is 0.338 e. The number of esters is 4. The summed E-state index contributed by atoms with van der Waals surface area (Å²) in [6, 6.07) is -0.690. The molecule has 0 unspecified atom stereocenters. The van der Waals surface area contributed by atoms with E-state index in [1.807, 2.05) is 48.5 Å². The van der Waals surface area contributed by atoms with Gasteiger partial charge in [-0.05, 0) is 185 Å². The lowest BCUT2D eigenvalue weighted by molar-refractivity contribution is -0.160. The van der Waals surface area contributed by atoms with Crippen LogP contribution < -0.4 is 38.5 Å². The summed E-state index contributed by atoms with van der Waals surface area (Å²) in [4.78, 5) is 126. The number of aliphatic carboxylic acids is 2. The first-order chi connectivity index (χ1) is 48.7. The fourth-order valence-electron chi connectivity index (χ4n) is 9.59. The van der Waals surface area contributed by atoms with Crippen LogP contribution in [0.3, 0.4) is 0 Å². The topological polar surface area (TPSA) is 416 Å². The highest BCUT2D eigenvalue weighted by atomic mass is 16.7. The Morgan fingerprint density at radius 3 is 0.896 bits per heavy atom. The lowest BCUT2D eigenvalue weighted by Gasteiger charge is -2.23. The zero-order valence-electron chi connectivity index (χ0n) is 71.2. The third-order valence-electron chi connectivity index (χ3n) is 15.0. The zero-order valence-corrected chi connectivity index (χ0v) is 71.2. The summed E-state index contributed by atoms with van der Waals surface area (Å²) < 4.78 is 29.4. The van der Waals surface area contributed by atoms with E-state index >= 15 is 0 Å².